The predicted molar refractivity (Wildman–Crippen MR) is 237 cm³/mol. The van der Waals surface area contributed by atoms with Crippen molar-refractivity contribution in [3.8, 4) is 41.4 Å². The Bertz CT molecular complexity index is 3620. The summed E-state index contributed by atoms with van der Waals surface area (Å²) in [7, 11) is -20.3. The van der Waals surface area contributed by atoms with Gasteiger partial charge in [0, 0.05) is 0 Å². The molecule has 36 heteroatoms. The van der Waals surface area contributed by atoms with E-state index in [9.17, 15) is 67.5 Å². The molecule has 0 aliphatic rings. The Balaban J connectivity index is 1.31. The number of hydrogen-bond acceptors (Lipinski definition) is 24. The lowest BCUT2D eigenvalue weighted by Gasteiger charge is -2.08. The molecule has 368 valence electrons. The third-order valence-corrected chi connectivity index (χ3v) is 12.9. The maximum Gasteiger partial charge on any atom is 0.320 e. The number of azo groups is 2. The van der Waals surface area contributed by atoms with Gasteiger partial charge >= 0.3 is 6.01 Å². The normalized spacial score (nSPS) is 12.7. The quantitative estimate of drug-likeness (QED) is 0.0607. The van der Waals surface area contributed by atoms with E-state index >= 15 is 0 Å². The van der Waals surface area contributed by atoms with Gasteiger partial charge in [-0.2, -0.15) is 88.9 Å². The molecular weight excluding hydrogens is 1020 g/mol. The monoisotopic (exact) mass is 1050 g/mol. The maximum absolute atomic E-state index is 12.0. The van der Waals surface area contributed by atoms with E-state index in [2.05, 4.69) is 55.8 Å². The second-order valence-electron chi connectivity index (χ2n) is 15.0. The highest BCUT2D eigenvalue weighted by atomic mass is 32.2. The molecule has 0 atom stereocenters. The zero-order chi connectivity index (χ0) is 52.3. The first-order valence-corrected chi connectivity index (χ1v) is 25.0. The number of rotatable bonds is 14. The van der Waals surface area contributed by atoms with Gasteiger partial charge in [0.15, 0.2) is 34.6 Å². The van der Waals surface area contributed by atoms with Crippen molar-refractivity contribution in [2.24, 2.45) is 20.5 Å². The number of aromatic hydroxyl groups is 1. The zero-order valence-electron chi connectivity index (χ0n) is 36.2. The molecule has 32 nitrogen and oxygen atoms in total. The van der Waals surface area contributed by atoms with E-state index in [1.807, 2.05) is 0 Å². The Morgan fingerprint density at radius 1 is 0.535 bits per heavy atom. The molecule has 0 radical (unpaired) electrons. The van der Waals surface area contributed by atoms with Crippen LogP contribution in [0.25, 0.3) is 23.3 Å². The Morgan fingerprint density at radius 3 is 1.14 bits per heavy atom. The van der Waals surface area contributed by atoms with Gasteiger partial charge in [-0.25, -0.2) is 9.36 Å². The van der Waals surface area contributed by atoms with E-state index in [-0.39, 0.29) is 45.5 Å². The Kier molecular flexibility index (Phi) is 12.9. The van der Waals surface area contributed by atoms with Crippen LogP contribution in [0.3, 0.4) is 0 Å². The summed E-state index contributed by atoms with van der Waals surface area (Å²) in [4.78, 5) is 8.34. The van der Waals surface area contributed by atoms with Gasteiger partial charge in [0.25, 0.3) is 52.4 Å². The van der Waals surface area contributed by atoms with E-state index < -0.39 is 113 Å². The number of nitrogens with two attached hydrogens (primary N) is 2. The average Bonchev–Trinajstić information content (AvgIpc) is 4.05. The summed E-state index contributed by atoms with van der Waals surface area (Å²) in [5.74, 6) is -3.41. The van der Waals surface area contributed by atoms with E-state index in [0.29, 0.717) is 12.1 Å². The third kappa shape index (κ3) is 10.0. The molecule has 0 spiro atoms. The van der Waals surface area contributed by atoms with Gasteiger partial charge in [0.05, 0.1) is 54.7 Å². The molecule has 0 unspecified atom stereocenters. The summed E-state index contributed by atoms with van der Waals surface area (Å²) in [6.07, 6.45) is 1.95. The SMILES string of the molecule is CC(C)c1nn(-c2nc(O)nc(-n3nc(C(C)C)c(N=Nc4c(C#N)cnn4-c4cc(S(=O)(=O)O)cc(S(=O)(=O)O)c4)c3N)n2)c(N)c1N=Nc1c(C#N)cnn1-c1cc(S(=O)(=O)O)cc(S(=O)(=O)O)c1. The Hall–Kier alpha value is -8.49. The summed E-state index contributed by atoms with van der Waals surface area (Å²) >= 11 is 0. The lowest BCUT2D eigenvalue weighted by Crippen LogP contribution is -2.13. The first-order valence-electron chi connectivity index (χ1n) is 19.2. The molecule has 5 aromatic heterocycles. The first kappa shape index (κ1) is 50.4. The topological polar surface area (TPSA) is 497 Å². The fourth-order valence-corrected chi connectivity index (χ4v) is 8.59. The highest BCUT2D eigenvalue weighted by Gasteiger charge is 2.28. The molecule has 5 heterocycles. The fraction of sp³-hybridized carbons (Fsp3) is 0.171. The van der Waals surface area contributed by atoms with Crippen LogP contribution in [-0.4, -0.2) is 111 Å². The second kappa shape index (κ2) is 18.1. The number of aromatic nitrogens is 11. The van der Waals surface area contributed by atoms with Crippen molar-refractivity contribution in [3.05, 3.63) is 71.3 Å². The average molecular weight is 1050 g/mol. The van der Waals surface area contributed by atoms with Gasteiger partial charge in [0.2, 0.25) is 0 Å². The van der Waals surface area contributed by atoms with Gasteiger partial charge < -0.3 is 16.6 Å². The van der Waals surface area contributed by atoms with Crippen molar-refractivity contribution in [3.63, 3.8) is 0 Å². The maximum atomic E-state index is 12.0. The second-order valence-corrected chi connectivity index (χ2v) is 20.7. The molecule has 7 aromatic rings. The van der Waals surface area contributed by atoms with E-state index in [1.54, 1.807) is 39.8 Å². The summed E-state index contributed by atoms with van der Waals surface area (Å²) in [6, 6.07) is 6.76. The minimum atomic E-state index is -5.06. The predicted octanol–water partition coefficient (Wildman–Crippen LogP) is 3.29. The van der Waals surface area contributed by atoms with Crippen LogP contribution in [-0.2, 0) is 40.5 Å². The highest BCUT2D eigenvalue weighted by molar-refractivity contribution is 7.87. The molecule has 0 aliphatic heterocycles. The molecule has 0 fully saturated rings. The van der Waals surface area contributed by atoms with Crippen LogP contribution in [0.4, 0.5) is 34.6 Å². The third-order valence-electron chi connectivity index (χ3n) is 9.54. The van der Waals surface area contributed by atoms with Crippen molar-refractivity contribution in [1.82, 2.24) is 54.1 Å². The Labute approximate surface area is 398 Å². The van der Waals surface area contributed by atoms with Gasteiger partial charge in [0.1, 0.15) is 23.3 Å². The number of nitrogens with zero attached hydrogens (tertiary/aromatic N) is 17. The minimum absolute atomic E-state index is 0.123. The molecule has 0 aliphatic carbocycles. The molecule has 71 heavy (non-hydrogen) atoms. The van der Waals surface area contributed by atoms with Crippen LogP contribution in [0.1, 0.15) is 62.0 Å². The standard InChI is InChI=1S/C35H31N19O13S4/c1-15(2)25-27(45-47-31-17(11-36)13-40-51(31)19-5-21(68(56,57)58)9-22(6-19)69(59,60)61)29(38)53(49-25)33-42-34(44-35(55)43-33)54-30(39)28(26(50-54)16(3)4)46-48-32-18(12-37)14-41-52(32)20-7-23(70(62,63)64)10-24(8-20)71(65,66)67/h5-10,13-16H,38-39H2,1-4H3,(H,56,57,58)(H,59,60,61)(H,62,63,64)(H,65,66,67)(H,42,43,44,55). The van der Waals surface area contributed by atoms with Crippen LogP contribution >= 0.6 is 0 Å². The smallest absolute Gasteiger partial charge is 0.320 e. The number of hydrogen-bond donors (Lipinski definition) is 7. The fourth-order valence-electron chi connectivity index (χ4n) is 6.26. The molecular formula is C35H31N19O13S4. The van der Waals surface area contributed by atoms with Crippen molar-refractivity contribution in [2.45, 2.75) is 59.1 Å². The molecule has 2 aromatic carbocycles. The molecule has 0 saturated carbocycles. The lowest BCUT2D eigenvalue weighted by molar-refractivity contribution is 0.423. The Morgan fingerprint density at radius 2 is 0.859 bits per heavy atom. The van der Waals surface area contributed by atoms with Crippen molar-refractivity contribution in [2.75, 3.05) is 11.5 Å². The minimum Gasteiger partial charge on any atom is -0.479 e. The highest BCUT2D eigenvalue weighted by Crippen LogP contribution is 2.38. The molecule has 0 saturated heterocycles. The number of anilines is 2. The molecule has 0 bridgehead atoms. The zero-order valence-corrected chi connectivity index (χ0v) is 39.4. The number of nitriles is 2. The summed E-state index contributed by atoms with van der Waals surface area (Å²) < 4.78 is 138. The largest absolute Gasteiger partial charge is 0.479 e. The van der Waals surface area contributed by atoms with Crippen molar-refractivity contribution < 1.29 is 57.0 Å². The summed E-state index contributed by atoms with van der Waals surface area (Å²) in [5, 5.41) is 63.9. The molecule has 7 rings (SSSR count). The first-order chi connectivity index (χ1) is 33.0. The molecule has 9 N–H and O–H groups in total. The number of nitrogen functional groups attached to an aromatic ring is 2. The van der Waals surface area contributed by atoms with E-state index in [1.165, 1.54) is 0 Å². The van der Waals surface area contributed by atoms with Crippen LogP contribution in [0.15, 0.2) is 88.8 Å². The van der Waals surface area contributed by atoms with Gasteiger partial charge in [-0.3, -0.25) is 18.2 Å². The van der Waals surface area contributed by atoms with Crippen LogP contribution in [0.2, 0.25) is 0 Å². The van der Waals surface area contributed by atoms with Gasteiger partial charge in [-0.15, -0.1) is 20.5 Å². The van der Waals surface area contributed by atoms with Crippen LogP contribution < -0.4 is 11.5 Å². The van der Waals surface area contributed by atoms with Gasteiger partial charge in [-0.1, -0.05) is 27.7 Å². The summed E-state index contributed by atoms with van der Waals surface area (Å²) in [6.45, 7) is 6.71. The van der Waals surface area contributed by atoms with E-state index in [4.69, 9.17) is 11.5 Å². The van der Waals surface area contributed by atoms with Gasteiger partial charge in [-0.05, 0) is 48.2 Å². The van der Waals surface area contributed by atoms with E-state index in [0.717, 1.165) is 55.4 Å². The van der Waals surface area contributed by atoms with Crippen molar-refractivity contribution in [1.29, 1.82) is 10.5 Å². The van der Waals surface area contributed by atoms with Crippen LogP contribution in [0.5, 0.6) is 6.01 Å². The lowest BCUT2D eigenvalue weighted by atomic mass is 10.1. The summed E-state index contributed by atoms with van der Waals surface area (Å²) in [5.41, 5.74) is 11.6. The van der Waals surface area contributed by atoms with Crippen molar-refractivity contribution >= 4 is 75.1 Å². The number of benzene rings is 2. The molecule has 0 amide bonds. The van der Waals surface area contributed by atoms with Crippen LogP contribution in [0, 0.1) is 22.7 Å².